The van der Waals surface area contributed by atoms with Crippen LogP contribution >= 0.6 is 0 Å². The van der Waals surface area contributed by atoms with Crippen molar-refractivity contribution in [3.63, 3.8) is 0 Å². The van der Waals surface area contributed by atoms with Crippen LogP contribution in [0.2, 0.25) is 0 Å². The maximum Gasteiger partial charge on any atom is 0.178 e. The molecule has 6 nitrogen and oxygen atoms in total. The first-order valence-electron chi connectivity index (χ1n) is 8.60. The molecule has 0 unspecified atom stereocenters. The van der Waals surface area contributed by atoms with Gasteiger partial charge in [0, 0.05) is 18.6 Å². The first-order valence-corrected chi connectivity index (χ1v) is 8.60. The summed E-state index contributed by atoms with van der Waals surface area (Å²) in [6.45, 7) is 10.4. The summed E-state index contributed by atoms with van der Waals surface area (Å²) in [5, 5.41) is 16.5. The number of rotatable bonds is 6. The molecule has 132 valence electrons. The largest absolute Gasteiger partial charge is 0.377 e. The van der Waals surface area contributed by atoms with Crippen molar-refractivity contribution in [3.05, 3.63) is 53.3 Å². The van der Waals surface area contributed by atoms with Gasteiger partial charge in [-0.1, -0.05) is 45.0 Å². The van der Waals surface area contributed by atoms with Crippen LogP contribution in [0.5, 0.6) is 0 Å². The third-order valence-corrected chi connectivity index (χ3v) is 3.90. The van der Waals surface area contributed by atoms with Gasteiger partial charge >= 0.3 is 0 Å². The predicted octanol–water partition coefficient (Wildman–Crippen LogP) is 3.57. The third-order valence-electron chi connectivity index (χ3n) is 3.90. The van der Waals surface area contributed by atoms with Crippen molar-refractivity contribution in [1.82, 2.24) is 19.8 Å². The summed E-state index contributed by atoms with van der Waals surface area (Å²) in [5.41, 5.74) is 3.03. The molecule has 2 heterocycles. The van der Waals surface area contributed by atoms with Gasteiger partial charge in [-0.25, -0.2) is 0 Å². The number of fused-ring (bicyclic) bond motifs is 1. The molecule has 0 aliphatic rings. The van der Waals surface area contributed by atoms with Crippen LogP contribution in [0.1, 0.15) is 44.6 Å². The van der Waals surface area contributed by atoms with E-state index in [4.69, 9.17) is 4.74 Å². The molecular weight excluding hydrogens is 314 g/mol. The minimum absolute atomic E-state index is 0.110. The minimum atomic E-state index is -0.110. The molecule has 0 spiro atoms. The summed E-state index contributed by atoms with van der Waals surface area (Å²) in [6.07, 6.45) is 0. The molecule has 0 fully saturated rings. The third kappa shape index (κ3) is 4.14. The molecule has 0 bridgehead atoms. The van der Waals surface area contributed by atoms with Crippen LogP contribution in [0.3, 0.4) is 0 Å². The summed E-state index contributed by atoms with van der Waals surface area (Å²) < 4.78 is 7.23. The molecule has 0 saturated heterocycles. The van der Waals surface area contributed by atoms with E-state index in [1.807, 2.05) is 23.6 Å². The maximum absolute atomic E-state index is 5.42. The first kappa shape index (κ1) is 17.4. The van der Waals surface area contributed by atoms with E-state index in [0.29, 0.717) is 13.2 Å². The van der Waals surface area contributed by atoms with Gasteiger partial charge in [0.05, 0.1) is 6.61 Å². The van der Waals surface area contributed by atoms with Gasteiger partial charge in [0.2, 0.25) is 0 Å². The lowest BCUT2D eigenvalue weighted by Gasteiger charge is -2.15. The molecule has 0 amide bonds. The summed E-state index contributed by atoms with van der Waals surface area (Å²) in [5.74, 6) is 1.66. The fourth-order valence-electron chi connectivity index (χ4n) is 2.52. The average molecular weight is 339 g/mol. The first-order chi connectivity index (χ1) is 12.0. The van der Waals surface area contributed by atoms with Crippen LogP contribution in [-0.2, 0) is 23.3 Å². The zero-order valence-corrected chi connectivity index (χ0v) is 15.3. The van der Waals surface area contributed by atoms with Gasteiger partial charge in [-0.05, 0) is 30.2 Å². The molecule has 1 aromatic carbocycles. The number of nitrogens with zero attached hydrogens (tertiary/aromatic N) is 4. The molecule has 0 aliphatic heterocycles. The Bertz CT molecular complexity index is 833. The second-order valence-electron chi connectivity index (χ2n) is 7.07. The quantitative estimate of drug-likeness (QED) is 0.744. The second kappa shape index (κ2) is 7.19. The Kier molecular flexibility index (Phi) is 4.99. The number of aromatic nitrogens is 4. The highest BCUT2D eigenvalue weighted by Gasteiger charge is 2.21. The van der Waals surface area contributed by atoms with E-state index in [2.05, 4.69) is 65.6 Å². The van der Waals surface area contributed by atoms with E-state index in [1.165, 1.54) is 11.1 Å². The highest BCUT2D eigenvalue weighted by Crippen LogP contribution is 2.20. The van der Waals surface area contributed by atoms with Crippen LogP contribution in [0.4, 0.5) is 5.82 Å². The highest BCUT2D eigenvalue weighted by atomic mass is 16.5. The number of ether oxygens (including phenoxy) is 1. The van der Waals surface area contributed by atoms with Crippen LogP contribution in [-0.4, -0.2) is 26.4 Å². The lowest BCUT2D eigenvalue weighted by Crippen LogP contribution is -2.17. The van der Waals surface area contributed by atoms with Crippen molar-refractivity contribution in [1.29, 1.82) is 0 Å². The molecule has 0 atom stereocenters. The number of anilines is 1. The Morgan fingerprint density at radius 1 is 1.00 bits per heavy atom. The highest BCUT2D eigenvalue weighted by molar-refractivity contribution is 5.45. The van der Waals surface area contributed by atoms with Crippen LogP contribution in [0, 0.1) is 0 Å². The van der Waals surface area contributed by atoms with Gasteiger partial charge in [0.1, 0.15) is 5.82 Å². The van der Waals surface area contributed by atoms with Crippen LogP contribution < -0.4 is 5.32 Å². The zero-order chi connectivity index (χ0) is 17.9. The fourth-order valence-corrected chi connectivity index (χ4v) is 2.52. The topological polar surface area (TPSA) is 64.3 Å². The van der Waals surface area contributed by atoms with Gasteiger partial charge in [-0.15, -0.1) is 15.3 Å². The standard InChI is InChI=1S/C19H25N5O/c1-5-25-13-15-8-6-14(7-9-15)12-20-16-10-11-17-21-22-18(19(2,3)4)24(17)23-16/h6-11H,5,12-13H2,1-4H3,(H,20,23). The lowest BCUT2D eigenvalue weighted by atomic mass is 9.96. The summed E-state index contributed by atoms with van der Waals surface area (Å²) in [4.78, 5) is 0. The molecule has 0 aliphatic carbocycles. The van der Waals surface area contributed by atoms with E-state index in [0.717, 1.165) is 23.9 Å². The number of nitrogens with one attached hydrogen (secondary N) is 1. The minimum Gasteiger partial charge on any atom is -0.377 e. The van der Waals surface area contributed by atoms with Crippen molar-refractivity contribution in [2.75, 3.05) is 11.9 Å². The number of hydrogen-bond donors (Lipinski definition) is 1. The SMILES string of the molecule is CCOCc1ccc(CNc2ccc3nnc(C(C)(C)C)n3n2)cc1. The fraction of sp³-hybridized carbons (Fsp3) is 0.421. The molecule has 1 N–H and O–H groups in total. The molecule has 25 heavy (non-hydrogen) atoms. The van der Waals surface area contributed by atoms with Gasteiger partial charge in [-0.3, -0.25) is 0 Å². The number of hydrogen-bond acceptors (Lipinski definition) is 5. The maximum atomic E-state index is 5.42. The number of benzene rings is 1. The predicted molar refractivity (Wildman–Crippen MR) is 98.6 cm³/mol. The van der Waals surface area contributed by atoms with Crippen LogP contribution in [0.25, 0.3) is 5.65 Å². The van der Waals surface area contributed by atoms with Crippen molar-refractivity contribution >= 4 is 11.5 Å². The van der Waals surface area contributed by atoms with Gasteiger partial charge in [0.25, 0.3) is 0 Å². The summed E-state index contributed by atoms with van der Waals surface area (Å²) >= 11 is 0. The van der Waals surface area contributed by atoms with Crippen LogP contribution in [0.15, 0.2) is 36.4 Å². The second-order valence-corrected chi connectivity index (χ2v) is 7.07. The molecule has 3 aromatic rings. The molecular formula is C19H25N5O. The lowest BCUT2D eigenvalue weighted by molar-refractivity contribution is 0.134. The molecule has 3 rings (SSSR count). The Morgan fingerprint density at radius 3 is 2.40 bits per heavy atom. The van der Waals surface area contributed by atoms with E-state index in [-0.39, 0.29) is 5.41 Å². The normalized spacial score (nSPS) is 11.8. The average Bonchev–Trinajstić information content (AvgIpc) is 3.02. The van der Waals surface area contributed by atoms with Crippen molar-refractivity contribution in [3.8, 4) is 0 Å². The Hall–Kier alpha value is -2.47. The smallest absolute Gasteiger partial charge is 0.178 e. The van der Waals surface area contributed by atoms with Crippen molar-refractivity contribution in [2.24, 2.45) is 0 Å². The van der Waals surface area contributed by atoms with E-state index in [1.54, 1.807) is 0 Å². The Balaban J connectivity index is 1.70. The van der Waals surface area contributed by atoms with Gasteiger partial charge < -0.3 is 10.1 Å². The van der Waals surface area contributed by atoms with Gasteiger partial charge in [-0.2, -0.15) is 4.52 Å². The molecule has 0 saturated carbocycles. The van der Waals surface area contributed by atoms with Crippen molar-refractivity contribution < 1.29 is 4.74 Å². The van der Waals surface area contributed by atoms with E-state index < -0.39 is 0 Å². The van der Waals surface area contributed by atoms with Crippen molar-refractivity contribution in [2.45, 2.75) is 46.3 Å². The zero-order valence-electron chi connectivity index (χ0n) is 15.3. The van der Waals surface area contributed by atoms with E-state index >= 15 is 0 Å². The molecule has 6 heteroatoms. The summed E-state index contributed by atoms with van der Waals surface area (Å²) in [6, 6.07) is 12.3. The Morgan fingerprint density at radius 2 is 1.72 bits per heavy atom. The Labute approximate surface area is 148 Å². The van der Waals surface area contributed by atoms with Gasteiger partial charge in [0.15, 0.2) is 11.5 Å². The monoisotopic (exact) mass is 339 g/mol. The molecule has 2 aromatic heterocycles. The molecule has 0 radical (unpaired) electrons. The van der Waals surface area contributed by atoms with E-state index in [9.17, 15) is 0 Å². The summed E-state index contributed by atoms with van der Waals surface area (Å²) in [7, 11) is 0.